The number of benzene rings is 2. The highest BCUT2D eigenvalue weighted by Crippen LogP contribution is 2.42. The van der Waals surface area contributed by atoms with Crippen molar-refractivity contribution >= 4 is 33.3 Å². The number of anilines is 1. The number of methoxy groups -OCH3 is 1. The molecule has 0 fully saturated rings. The number of carbonyl (C=O) groups excluding carboxylic acids is 1. The van der Waals surface area contributed by atoms with Gasteiger partial charge >= 0.3 is 5.97 Å². The Morgan fingerprint density at radius 1 is 1.23 bits per heavy atom. The Labute approximate surface area is 181 Å². The van der Waals surface area contributed by atoms with Crippen LogP contribution >= 0.6 is 11.6 Å². The maximum Gasteiger partial charge on any atom is 0.302 e. The minimum Gasteiger partial charge on any atom is -0.459 e. The number of halogens is 1. The molecule has 1 aliphatic rings. The zero-order valence-corrected chi connectivity index (χ0v) is 18.6. The molecule has 0 saturated heterocycles. The van der Waals surface area contributed by atoms with Crippen LogP contribution < -0.4 is 9.04 Å². The molecule has 162 valence electrons. The third-order valence-corrected chi connectivity index (χ3v) is 7.08. The molecule has 2 atom stereocenters. The molecule has 0 bridgehead atoms. The number of fused-ring (bicyclic) bond motifs is 1. The summed E-state index contributed by atoms with van der Waals surface area (Å²) in [4.78, 5) is 11.4. The van der Waals surface area contributed by atoms with Crippen LogP contribution in [0, 0.1) is 0 Å². The highest BCUT2D eigenvalue weighted by molar-refractivity contribution is 7.92. The Morgan fingerprint density at radius 2 is 1.93 bits per heavy atom. The average Bonchev–Trinajstić information content (AvgIpc) is 3.11. The zero-order valence-electron chi connectivity index (χ0n) is 17.0. The van der Waals surface area contributed by atoms with Crippen LogP contribution in [-0.2, 0) is 24.3 Å². The second-order valence-electron chi connectivity index (χ2n) is 7.14. The summed E-state index contributed by atoms with van der Waals surface area (Å²) >= 11 is 6.12. The number of sulfonamides is 1. The van der Waals surface area contributed by atoms with Gasteiger partial charge in [0.15, 0.2) is 6.61 Å². The number of ether oxygens (including phenoxy) is 3. The molecule has 0 saturated carbocycles. The largest absolute Gasteiger partial charge is 0.459 e. The summed E-state index contributed by atoms with van der Waals surface area (Å²) in [6, 6.07) is 13.4. The van der Waals surface area contributed by atoms with E-state index in [0.29, 0.717) is 11.4 Å². The van der Waals surface area contributed by atoms with Crippen LogP contribution in [0.5, 0.6) is 5.75 Å². The van der Waals surface area contributed by atoms with Gasteiger partial charge in [0.1, 0.15) is 5.75 Å². The lowest BCUT2D eigenvalue weighted by atomic mass is 10.0. The SMILES string of the molecule is COC(C)(COC(C)=O)Oc1ccc2c(c1)N(S(=O)(=O)c1ccccc1)CC2CCl. The lowest BCUT2D eigenvalue weighted by molar-refractivity contribution is -0.191. The van der Waals surface area contributed by atoms with Gasteiger partial charge in [-0.3, -0.25) is 9.10 Å². The summed E-state index contributed by atoms with van der Waals surface area (Å²) in [7, 11) is -2.33. The van der Waals surface area contributed by atoms with Gasteiger partial charge in [-0.05, 0) is 23.8 Å². The molecule has 0 radical (unpaired) electrons. The second kappa shape index (κ2) is 8.83. The fourth-order valence-corrected chi connectivity index (χ4v) is 5.05. The van der Waals surface area contributed by atoms with E-state index in [1.54, 1.807) is 55.5 Å². The summed E-state index contributed by atoms with van der Waals surface area (Å²) in [5.74, 6) is -1.15. The van der Waals surface area contributed by atoms with Crippen molar-refractivity contribution in [1.29, 1.82) is 0 Å². The van der Waals surface area contributed by atoms with E-state index in [-0.39, 0.29) is 29.8 Å². The summed E-state index contributed by atoms with van der Waals surface area (Å²) in [6.45, 7) is 3.05. The minimum absolute atomic E-state index is 0.119. The first-order chi connectivity index (χ1) is 14.2. The van der Waals surface area contributed by atoms with Crippen LogP contribution in [0.1, 0.15) is 25.3 Å². The predicted molar refractivity (Wildman–Crippen MR) is 114 cm³/mol. The first-order valence-corrected chi connectivity index (χ1v) is 11.3. The monoisotopic (exact) mass is 453 g/mol. The average molecular weight is 454 g/mol. The maximum atomic E-state index is 13.2. The van der Waals surface area contributed by atoms with E-state index in [4.69, 9.17) is 25.8 Å². The molecule has 1 aliphatic heterocycles. The van der Waals surface area contributed by atoms with Gasteiger partial charge in [0.25, 0.3) is 10.0 Å². The van der Waals surface area contributed by atoms with E-state index in [1.165, 1.54) is 18.3 Å². The van der Waals surface area contributed by atoms with Crippen molar-refractivity contribution < 1.29 is 27.4 Å². The van der Waals surface area contributed by atoms with Crippen LogP contribution in [0.15, 0.2) is 53.4 Å². The number of esters is 1. The molecule has 0 spiro atoms. The van der Waals surface area contributed by atoms with Gasteiger partial charge in [-0.15, -0.1) is 11.6 Å². The molecule has 30 heavy (non-hydrogen) atoms. The van der Waals surface area contributed by atoms with Gasteiger partial charge in [-0.25, -0.2) is 8.42 Å². The molecule has 2 unspecified atom stereocenters. The van der Waals surface area contributed by atoms with Gasteiger partial charge in [0.2, 0.25) is 5.79 Å². The van der Waals surface area contributed by atoms with Gasteiger partial charge in [-0.1, -0.05) is 24.3 Å². The fraction of sp³-hybridized carbons (Fsp3) is 0.381. The first kappa shape index (κ1) is 22.4. The van der Waals surface area contributed by atoms with Crippen LogP contribution in [-0.4, -0.2) is 46.3 Å². The molecule has 7 nitrogen and oxygen atoms in total. The van der Waals surface area contributed by atoms with Gasteiger partial charge in [0.05, 0.1) is 10.6 Å². The number of alkyl halides is 1. The summed E-state index contributed by atoms with van der Waals surface area (Å²) in [6.07, 6.45) is 0. The third-order valence-electron chi connectivity index (χ3n) is 4.92. The zero-order chi connectivity index (χ0) is 21.9. The van der Waals surface area contributed by atoms with Crippen LogP contribution in [0.25, 0.3) is 0 Å². The van der Waals surface area contributed by atoms with E-state index in [9.17, 15) is 13.2 Å². The minimum atomic E-state index is -3.76. The van der Waals surface area contributed by atoms with Crippen molar-refractivity contribution in [3.63, 3.8) is 0 Å². The molecule has 0 amide bonds. The summed E-state index contributed by atoms with van der Waals surface area (Å²) in [5.41, 5.74) is 1.34. The lowest BCUT2D eigenvalue weighted by Crippen LogP contribution is -2.40. The van der Waals surface area contributed by atoms with E-state index in [1.807, 2.05) is 0 Å². The smallest absolute Gasteiger partial charge is 0.302 e. The Morgan fingerprint density at radius 3 is 2.53 bits per heavy atom. The number of rotatable bonds is 8. The molecule has 0 aliphatic carbocycles. The van der Waals surface area contributed by atoms with Gasteiger partial charge < -0.3 is 14.2 Å². The highest BCUT2D eigenvalue weighted by Gasteiger charge is 2.37. The third kappa shape index (κ3) is 4.55. The van der Waals surface area contributed by atoms with Crippen molar-refractivity contribution in [3.05, 3.63) is 54.1 Å². The summed E-state index contributed by atoms with van der Waals surface area (Å²) in [5, 5.41) is 0. The normalized spacial score (nSPS) is 17.9. The van der Waals surface area contributed by atoms with Crippen molar-refractivity contribution in [3.8, 4) is 5.75 Å². The molecule has 0 N–H and O–H groups in total. The maximum absolute atomic E-state index is 13.2. The van der Waals surface area contributed by atoms with E-state index in [0.717, 1.165) is 5.56 Å². The van der Waals surface area contributed by atoms with E-state index >= 15 is 0 Å². The van der Waals surface area contributed by atoms with Crippen molar-refractivity contribution in [2.24, 2.45) is 0 Å². The second-order valence-corrected chi connectivity index (χ2v) is 9.31. The number of carbonyl (C=O) groups is 1. The fourth-order valence-electron chi connectivity index (χ4n) is 3.24. The quantitative estimate of drug-likeness (QED) is 0.345. The predicted octanol–water partition coefficient (Wildman–Crippen LogP) is 3.52. The molecular formula is C21H24ClNO6S. The Balaban J connectivity index is 1.96. The van der Waals surface area contributed by atoms with Crippen molar-refractivity contribution in [2.45, 2.75) is 30.4 Å². The molecule has 1 heterocycles. The van der Waals surface area contributed by atoms with Gasteiger partial charge in [-0.2, -0.15) is 0 Å². The number of hydrogen-bond acceptors (Lipinski definition) is 6. The van der Waals surface area contributed by atoms with Gasteiger partial charge in [0, 0.05) is 45.4 Å². The van der Waals surface area contributed by atoms with Crippen LogP contribution in [0.4, 0.5) is 5.69 Å². The van der Waals surface area contributed by atoms with E-state index < -0.39 is 21.8 Å². The van der Waals surface area contributed by atoms with Crippen LogP contribution in [0.2, 0.25) is 0 Å². The molecule has 2 aromatic carbocycles. The Bertz CT molecular complexity index is 1010. The molecular weight excluding hydrogens is 430 g/mol. The Hall–Kier alpha value is -2.29. The molecule has 9 heteroatoms. The number of hydrogen-bond donors (Lipinski definition) is 0. The molecule has 0 aromatic heterocycles. The van der Waals surface area contributed by atoms with Crippen molar-refractivity contribution in [2.75, 3.05) is 30.4 Å². The lowest BCUT2D eigenvalue weighted by Gasteiger charge is -2.29. The van der Waals surface area contributed by atoms with E-state index in [2.05, 4.69) is 0 Å². The molecule has 2 aromatic rings. The first-order valence-electron chi connectivity index (χ1n) is 9.35. The standard InChI is InChI=1S/C21H24ClNO6S/c1-15(24)28-14-21(2,27-3)29-17-9-10-19-16(12-22)13-23(20(19)11-17)30(25,26)18-7-5-4-6-8-18/h4-11,16H,12-14H2,1-3H3. The highest BCUT2D eigenvalue weighted by atomic mass is 35.5. The van der Waals surface area contributed by atoms with Crippen LogP contribution in [0.3, 0.4) is 0 Å². The van der Waals surface area contributed by atoms with Crippen molar-refractivity contribution in [1.82, 2.24) is 0 Å². The Kier molecular flexibility index (Phi) is 6.59. The molecule has 3 rings (SSSR count). The number of nitrogens with zero attached hydrogens (tertiary/aromatic N) is 1. The summed E-state index contributed by atoms with van der Waals surface area (Å²) < 4.78 is 44.1. The topological polar surface area (TPSA) is 82.1 Å².